The van der Waals surface area contributed by atoms with Crippen molar-refractivity contribution in [3.8, 4) is 11.4 Å². The zero-order chi connectivity index (χ0) is 25.8. The Balaban J connectivity index is 0.000000201. The SMILES string of the molecule is CCCN(CCC(C)CC)Cc1cccc(C=O)c1.CNc1ccc(-c2n[nH]c(C3CCC3)n2)cc1. The van der Waals surface area contributed by atoms with Crippen molar-refractivity contribution in [3.05, 3.63) is 65.5 Å². The molecule has 3 aromatic rings. The first-order valence-corrected chi connectivity index (χ1v) is 13.5. The summed E-state index contributed by atoms with van der Waals surface area (Å²) < 4.78 is 0. The van der Waals surface area contributed by atoms with E-state index in [0.29, 0.717) is 5.92 Å². The van der Waals surface area contributed by atoms with Gasteiger partial charge in [-0.15, -0.1) is 0 Å². The first kappa shape index (κ1) is 27.6. The van der Waals surface area contributed by atoms with Gasteiger partial charge in [0.1, 0.15) is 12.1 Å². The normalized spacial score (nSPS) is 14.0. The summed E-state index contributed by atoms with van der Waals surface area (Å²) in [5, 5.41) is 10.4. The van der Waals surface area contributed by atoms with Crippen LogP contribution in [0.5, 0.6) is 0 Å². The summed E-state index contributed by atoms with van der Waals surface area (Å²) in [4.78, 5) is 17.9. The van der Waals surface area contributed by atoms with Crippen LogP contribution < -0.4 is 5.32 Å². The number of aromatic nitrogens is 3. The molecular formula is C30H43N5O. The second-order valence-electron chi connectivity index (χ2n) is 9.94. The van der Waals surface area contributed by atoms with E-state index < -0.39 is 0 Å². The molecule has 1 aliphatic rings. The topological polar surface area (TPSA) is 73.9 Å². The van der Waals surface area contributed by atoms with E-state index in [9.17, 15) is 4.79 Å². The van der Waals surface area contributed by atoms with Crippen LogP contribution in [0.3, 0.4) is 0 Å². The fourth-order valence-corrected chi connectivity index (χ4v) is 4.27. The van der Waals surface area contributed by atoms with Crippen LogP contribution in [0.25, 0.3) is 11.4 Å². The smallest absolute Gasteiger partial charge is 0.181 e. The van der Waals surface area contributed by atoms with Gasteiger partial charge in [0.15, 0.2) is 5.82 Å². The number of aldehydes is 1. The zero-order valence-corrected chi connectivity index (χ0v) is 22.5. The minimum atomic E-state index is 0.604. The Morgan fingerprint density at radius 2 is 1.92 bits per heavy atom. The highest BCUT2D eigenvalue weighted by Crippen LogP contribution is 2.34. The van der Waals surface area contributed by atoms with E-state index in [4.69, 9.17) is 0 Å². The largest absolute Gasteiger partial charge is 0.388 e. The quantitative estimate of drug-likeness (QED) is 0.270. The van der Waals surface area contributed by atoms with Crippen molar-refractivity contribution < 1.29 is 4.79 Å². The van der Waals surface area contributed by atoms with Gasteiger partial charge in [0.25, 0.3) is 0 Å². The minimum absolute atomic E-state index is 0.604. The number of anilines is 1. The summed E-state index contributed by atoms with van der Waals surface area (Å²) >= 11 is 0. The molecule has 6 heteroatoms. The van der Waals surface area contributed by atoms with Crippen molar-refractivity contribution in [2.75, 3.05) is 25.5 Å². The standard InChI is InChI=1S/C17H27NO.C13H16N4/c1-4-10-18(11-9-15(3)5-2)13-16-7-6-8-17(12-16)14-19;1-14-11-7-5-10(6-8-11)13-15-12(16-17-13)9-3-2-4-9/h6-8,12,14-15H,4-5,9-11,13H2,1-3H3;5-9,14H,2-4H2,1H3,(H,15,16,17). The predicted octanol–water partition coefficient (Wildman–Crippen LogP) is 6.93. The van der Waals surface area contributed by atoms with Crippen LogP contribution in [0.1, 0.15) is 87.0 Å². The van der Waals surface area contributed by atoms with E-state index in [1.54, 1.807) is 0 Å². The summed E-state index contributed by atoms with van der Waals surface area (Å²) in [6, 6.07) is 16.1. The second kappa shape index (κ2) is 14.5. The molecule has 0 spiro atoms. The predicted molar refractivity (Wildman–Crippen MR) is 149 cm³/mol. The van der Waals surface area contributed by atoms with Gasteiger partial charge in [-0.2, -0.15) is 5.10 Å². The van der Waals surface area contributed by atoms with E-state index in [-0.39, 0.29) is 0 Å². The first-order chi connectivity index (χ1) is 17.6. The molecule has 0 bridgehead atoms. The maximum atomic E-state index is 10.8. The molecule has 1 saturated carbocycles. The lowest BCUT2D eigenvalue weighted by molar-refractivity contribution is 0.112. The van der Waals surface area contributed by atoms with Gasteiger partial charge >= 0.3 is 0 Å². The van der Waals surface area contributed by atoms with Crippen molar-refractivity contribution in [3.63, 3.8) is 0 Å². The number of aromatic amines is 1. The monoisotopic (exact) mass is 489 g/mol. The molecule has 2 aromatic carbocycles. The summed E-state index contributed by atoms with van der Waals surface area (Å²) in [5.41, 5.74) is 4.17. The van der Waals surface area contributed by atoms with Crippen molar-refractivity contribution in [1.29, 1.82) is 0 Å². The molecule has 1 heterocycles. The number of hydrogen-bond donors (Lipinski definition) is 2. The highest BCUT2D eigenvalue weighted by molar-refractivity contribution is 5.74. The van der Waals surface area contributed by atoms with Gasteiger partial charge in [-0.25, -0.2) is 4.98 Å². The molecule has 0 aliphatic heterocycles. The molecule has 0 amide bonds. The number of hydrogen-bond acceptors (Lipinski definition) is 5. The van der Waals surface area contributed by atoms with Gasteiger partial charge < -0.3 is 5.32 Å². The van der Waals surface area contributed by atoms with Gasteiger partial charge in [0.2, 0.25) is 0 Å². The Kier molecular flexibility index (Phi) is 11.1. The van der Waals surface area contributed by atoms with Crippen LogP contribution in [0.2, 0.25) is 0 Å². The number of rotatable bonds is 12. The number of carbonyl (C=O) groups is 1. The highest BCUT2D eigenvalue weighted by atomic mass is 16.1. The summed E-state index contributed by atoms with van der Waals surface area (Å²) in [6.45, 7) is 10.0. The van der Waals surface area contributed by atoms with Gasteiger partial charge in [-0.3, -0.25) is 14.8 Å². The van der Waals surface area contributed by atoms with Crippen LogP contribution in [-0.4, -0.2) is 46.5 Å². The van der Waals surface area contributed by atoms with E-state index in [2.05, 4.69) is 52.2 Å². The van der Waals surface area contributed by atoms with Gasteiger partial charge in [-0.05, 0) is 80.6 Å². The number of nitrogens with zero attached hydrogens (tertiary/aromatic N) is 3. The van der Waals surface area contributed by atoms with E-state index in [1.165, 1.54) is 44.1 Å². The fraction of sp³-hybridized carbons (Fsp3) is 0.500. The molecule has 4 rings (SSSR count). The lowest BCUT2D eigenvalue weighted by Gasteiger charge is -2.23. The van der Waals surface area contributed by atoms with Crippen molar-refractivity contribution in [2.24, 2.45) is 5.92 Å². The molecular weight excluding hydrogens is 446 g/mol. The van der Waals surface area contributed by atoms with Crippen LogP contribution >= 0.6 is 0 Å². The van der Waals surface area contributed by atoms with E-state index in [1.807, 2.05) is 49.5 Å². The van der Waals surface area contributed by atoms with Crippen LogP contribution in [0.4, 0.5) is 5.69 Å². The lowest BCUT2D eigenvalue weighted by Crippen LogP contribution is -2.26. The van der Waals surface area contributed by atoms with Crippen molar-refractivity contribution >= 4 is 12.0 Å². The van der Waals surface area contributed by atoms with Crippen molar-refractivity contribution in [2.45, 2.75) is 71.8 Å². The van der Waals surface area contributed by atoms with Crippen LogP contribution in [0, 0.1) is 5.92 Å². The molecule has 1 fully saturated rings. The summed E-state index contributed by atoms with van der Waals surface area (Å²) in [5.74, 6) is 3.24. The molecule has 2 N–H and O–H groups in total. The third-order valence-corrected chi connectivity index (χ3v) is 7.09. The lowest BCUT2D eigenvalue weighted by atomic mass is 9.85. The Bertz CT molecular complexity index is 1040. The van der Waals surface area contributed by atoms with Crippen LogP contribution in [-0.2, 0) is 6.54 Å². The molecule has 194 valence electrons. The molecule has 1 aliphatic carbocycles. The molecule has 6 nitrogen and oxygen atoms in total. The average molecular weight is 490 g/mol. The third-order valence-electron chi connectivity index (χ3n) is 7.09. The molecule has 0 saturated heterocycles. The number of nitrogens with one attached hydrogen (secondary N) is 2. The fourth-order valence-electron chi connectivity index (χ4n) is 4.27. The van der Waals surface area contributed by atoms with Gasteiger partial charge in [0.05, 0.1) is 0 Å². The number of benzene rings is 2. The third kappa shape index (κ3) is 8.30. The first-order valence-electron chi connectivity index (χ1n) is 13.5. The number of carbonyl (C=O) groups excluding carboxylic acids is 1. The second-order valence-corrected chi connectivity index (χ2v) is 9.94. The Labute approximate surface area is 216 Å². The Morgan fingerprint density at radius 1 is 1.14 bits per heavy atom. The van der Waals surface area contributed by atoms with Crippen LogP contribution in [0.15, 0.2) is 48.5 Å². The van der Waals surface area contributed by atoms with Gasteiger partial charge in [-0.1, -0.05) is 51.8 Å². The van der Waals surface area contributed by atoms with E-state index in [0.717, 1.165) is 60.3 Å². The zero-order valence-electron chi connectivity index (χ0n) is 22.5. The summed E-state index contributed by atoms with van der Waals surface area (Å²) in [6.07, 6.45) is 8.41. The minimum Gasteiger partial charge on any atom is -0.388 e. The molecule has 0 radical (unpaired) electrons. The number of H-pyrrole nitrogens is 1. The molecule has 1 aromatic heterocycles. The Morgan fingerprint density at radius 3 is 2.53 bits per heavy atom. The van der Waals surface area contributed by atoms with E-state index >= 15 is 0 Å². The summed E-state index contributed by atoms with van der Waals surface area (Å²) in [7, 11) is 1.91. The highest BCUT2D eigenvalue weighted by Gasteiger charge is 2.23. The molecule has 36 heavy (non-hydrogen) atoms. The van der Waals surface area contributed by atoms with Crippen molar-refractivity contribution in [1.82, 2.24) is 20.1 Å². The maximum Gasteiger partial charge on any atom is 0.181 e. The van der Waals surface area contributed by atoms with Gasteiger partial charge in [0, 0.05) is 36.3 Å². The average Bonchev–Trinajstić information content (AvgIpc) is 3.36. The molecule has 1 atom stereocenters. The Hall–Kier alpha value is -2.99. The molecule has 1 unspecified atom stereocenters. The maximum absolute atomic E-state index is 10.8.